The van der Waals surface area contributed by atoms with Crippen molar-refractivity contribution >= 4 is 12.1 Å². The summed E-state index contributed by atoms with van der Waals surface area (Å²) in [7, 11) is 4.57. The molecule has 0 saturated carbocycles. The molecule has 1 N–H and O–H groups in total. The first-order valence-electron chi connectivity index (χ1n) is 6.88. The molecule has 9 nitrogen and oxygen atoms in total. The number of urea groups is 2. The van der Waals surface area contributed by atoms with Gasteiger partial charge < -0.3 is 14.9 Å². The van der Waals surface area contributed by atoms with Crippen LogP contribution in [0.2, 0.25) is 0 Å². The van der Waals surface area contributed by atoms with Gasteiger partial charge in [-0.15, -0.1) is 0 Å². The van der Waals surface area contributed by atoms with Gasteiger partial charge >= 0.3 is 12.1 Å². The van der Waals surface area contributed by atoms with Crippen molar-refractivity contribution in [3.63, 3.8) is 0 Å². The lowest BCUT2D eigenvalue weighted by Crippen LogP contribution is -2.58. The highest BCUT2D eigenvalue weighted by atomic mass is 16.3. The van der Waals surface area contributed by atoms with Crippen molar-refractivity contribution < 1.29 is 14.7 Å². The number of benzene rings is 1. The zero-order valence-corrected chi connectivity index (χ0v) is 12.9. The van der Waals surface area contributed by atoms with Gasteiger partial charge in [-0.05, 0) is 12.1 Å². The maximum Gasteiger partial charge on any atom is 0.329 e. The van der Waals surface area contributed by atoms with Crippen molar-refractivity contribution in [2.45, 2.75) is 6.17 Å². The summed E-state index contributed by atoms with van der Waals surface area (Å²) in [6.07, 6.45) is 2.37. The normalized spacial score (nSPS) is 16.4. The summed E-state index contributed by atoms with van der Waals surface area (Å²) in [6, 6.07) is 3.98. The van der Waals surface area contributed by atoms with E-state index in [1.54, 1.807) is 26.2 Å². The largest absolute Gasteiger partial charge is 0.507 e. The van der Waals surface area contributed by atoms with Crippen LogP contribution in [0, 0.1) is 0 Å². The average molecular weight is 316 g/mol. The predicted molar refractivity (Wildman–Crippen MR) is 79.8 cm³/mol. The summed E-state index contributed by atoms with van der Waals surface area (Å²) in [5.41, 5.74) is 1.02. The van der Waals surface area contributed by atoms with E-state index in [0.717, 1.165) is 4.90 Å². The van der Waals surface area contributed by atoms with Crippen LogP contribution >= 0.6 is 0 Å². The Labute approximate surface area is 132 Å². The number of carbonyl (C=O) groups is 2. The minimum atomic E-state index is -0.689. The van der Waals surface area contributed by atoms with E-state index in [9.17, 15) is 14.7 Å². The van der Waals surface area contributed by atoms with Crippen LogP contribution in [0.1, 0.15) is 11.7 Å². The Bertz CT molecular complexity index is 738. The topological polar surface area (TPSA) is 94.8 Å². The molecule has 0 radical (unpaired) electrons. The second kappa shape index (κ2) is 5.27. The minimum Gasteiger partial charge on any atom is -0.507 e. The summed E-state index contributed by atoms with van der Waals surface area (Å²) in [6.45, 7) is 0. The van der Waals surface area contributed by atoms with Gasteiger partial charge in [-0.3, -0.25) is 0 Å². The van der Waals surface area contributed by atoms with Crippen LogP contribution in [0.5, 0.6) is 5.75 Å². The van der Waals surface area contributed by atoms with Crippen molar-refractivity contribution in [3.8, 4) is 11.4 Å². The SMILES string of the molecule is CN1C(=O)N(C)C(c2ccc(-n3nccn3)cc2O)N(C)C1=O. The van der Waals surface area contributed by atoms with E-state index in [1.807, 2.05) is 0 Å². The minimum absolute atomic E-state index is 0.0475. The van der Waals surface area contributed by atoms with Gasteiger partial charge in [0, 0.05) is 32.8 Å². The van der Waals surface area contributed by atoms with Crippen molar-refractivity contribution in [2.75, 3.05) is 21.1 Å². The van der Waals surface area contributed by atoms with Gasteiger partial charge in [0.05, 0.1) is 18.1 Å². The number of imide groups is 1. The number of aromatic hydroxyl groups is 1. The lowest BCUT2D eigenvalue weighted by Gasteiger charge is -2.43. The number of hydrogen-bond acceptors (Lipinski definition) is 5. The van der Waals surface area contributed by atoms with Crippen LogP contribution < -0.4 is 0 Å². The molecule has 9 heteroatoms. The Kier molecular flexibility index (Phi) is 3.40. The third-order valence-corrected chi connectivity index (χ3v) is 3.85. The van der Waals surface area contributed by atoms with E-state index in [-0.39, 0.29) is 5.75 Å². The molecule has 0 aliphatic carbocycles. The van der Waals surface area contributed by atoms with Crippen LogP contribution in [-0.2, 0) is 0 Å². The van der Waals surface area contributed by atoms with E-state index in [2.05, 4.69) is 10.2 Å². The molecular formula is C14H16N6O3. The number of rotatable bonds is 2. The Balaban J connectivity index is 2.01. The summed E-state index contributed by atoms with van der Waals surface area (Å²) >= 11 is 0. The summed E-state index contributed by atoms with van der Waals surface area (Å²) in [5.74, 6) is -0.0475. The maximum absolute atomic E-state index is 12.1. The van der Waals surface area contributed by atoms with Crippen molar-refractivity contribution in [3.05, 3.63) is 36.2 Å². The first-order chi connectivity index (χ1) is 10.9. The van der Waals surface area contributed by atoms with Gasteiger partial charge in [0.2, 0.25) is 0 Å². The molecule has 1 aromatic heterocycles. The molecule has 1 fully saturated rings. The fraction of sp³-hybridized carbons (Fsp3) is 0.286. The average Bonchev–Trinajstić information content (AvgIpc) is 3.07. The van der Waals surface area contributed by atoms with E-state index in [1.165, 1.54) is 40.1 Å². The highest BCUT2D eigenvalue weighted by molar-refractivity contribution is 5.95. The predicted octanol–water partition coefficient (Wildman–Crippen LogP) is 1.02. The molecule has 1 aliphatic rings. The standard InChI is InChI=1S/C14H16N6O3/c1-17-12(18(2)14(23)19(3)13(17)22)10-5-4-9(8-11(10)21)20-15-6-7-16-20/h4-8,12,21H,1-3H3. The van der Waals surface area contributed by atoms with E-state index < -0.39 is 18.2 Å². The number of nitrogens with zero attached hydrogens (tertiary/aromatic N) is 6. The molecule has 3 rings (SSSR count). The zero-order chi connectivity index (χ0) is 16.7. The highest BCUT2D eigenvalue weighted by Gasteiger charge is 2.40. The van der Waals surface area contributed by atoms with Gasteiger partial charge in [-0.1, -0.05) is 0 Å². The summed E-state index contributed by atoms with van der Waals surface area (Å²) in [5, 5.41) is 18.3. The first-order valence-corrected chi connectivity index (χ1v) is 6.88. The van der Waals surface area contributed by atoms with Gasteiger partial charge in [0.15, 0.2) is 0 Å². The van der Waals surface area contributed by atoms with Crippen molar-refractivity contribution in [2.24, 2.45) is 0 Å². The van der Waals surface area contributed by atoms with E-state index >= 15 is 0 Å². The Morgan fingerprint density at radius 2 is 1.57 bits per heavy atom. The molecule has 0 spiro atoms. The second-order valence-corrected chi connectivity index (χ2v) is 5.28. The lowest BCUT2D eigenvalue weighted by atomic mass is 10.1. The third kappa shape index (κ3) is 2.26. The van der Waals surface area contributed by atoms with Crippen LogP contribution in [-0.4, -0.2) is 68.0 Å². The van der Waals surface area contributed by atoms with Crippen molar-refractivity contribution in [1.82, 2.24) is 29.7 Å². The zero-order valence-electron chi connectivity index (χ0n) is 12.9. The Hall–Kier alpha value is -3.10. The molecule has 0 bridgehead atoms. The van der Waals surface area contributed by atoms with Crippen LogP contribution in [0.3, 0.4) is 0 Å². The molecule has 1 aliphatic heterocycles. The van der Waals surface area contributed by atoms with E-state index in [0.29, 0.717) is 11.3 Å². The number of phenolic OH excluding ortho intramolecular Hbond substituents is 1. The maximum atomic E-state index is 12.1. The quantitative estimate of drug-likeness (QED) is 0.892. The number of hydrogen-bond donors (Lipinski definition) is 1. The van der Waals surface area contributed by atoms with E-state index in [4.69, 9.17) is 0 Å². The number of aromatic nitrogens is 3. The smallest absolute Gasteiger partial charge is 0.329 e. The van der Waals surface area contributed by atoms with Gasteiger partial charge in [0.25, 0.3) is 0 Å². The van der Waals surface area contributed by atoms with Gasteiger partial charge in [0.1, 0.15) is 11.9 Å². The molecule has 120 valence electrons. The van der Waals surface area contributed by atoms with Crippen LogP contribution in [0.4, 0.5) is 9.59 Å². The lowest BCUT2D eigenvalue weighted by molar-refractivity contribution is 0.0592. The first kappa shape index (κ1) is 14.8. The molecular weight excluding hydrogens is 300 g/mol. The monoisotopic (exact) mass is 316 g/mol. The molecule has 1 aromatic carbocycles. The van der Waals surface area contributed by atoms with Gasteiger partial charge in [-0.25, -0.2) is 14.5 Å². The fourth-order valence-electron chi connectivity index (χ4n) is 2.67. The fourth-order valence-corrected chi connectivity index (χ4v) is 2.67. The summed E-state index contributed by atoms with van der Waals surface area (Å²) in [4.78, 5) is 29.4. The molecule has 1 saturated heterocycles. The molecule has 2 aromatic rings. The number of carbonyl (C=O) groups excluding carboxylic acids is 2. The van der Waals surface area contributed by atoms with Gasteiger partial charge in [-0.2, -0.15) is 15.0 Å². The third-order valence-electron chi connectivity index (χ3n) is 3.85. The summed E-state index contributed by atoms with van der Waals surface area (Å²) < 4.78 is 0. The second-order valence-electron chi connectivity index (χ2n) is 5.28. The molecule has 0 unspecified atom stereocenters. The molecule has 0 atom stereocenters. The molecule has 2 heterocycles. The molecule has 23 heavy (non-hydrogen) atoms. The Morgan fingerprint density at radius 1 is 1.00 bits per heavy atom. The number of phenols is 1. The van der Waals surface area contributed by atoms with Crippen molar-refractivity contribution in [1.29, 1.82) is 0 Å². The van der Waals surface area contributed by atoms with Crippen LogP contribution in [0.15, 0.2) is 30.6 Å². The highest BCUT2D eigenvalue weighted by Crippen LogP contribution is 2.34. The van der Waals surface area contributed by atoms with Crippen LogP contribution in [0.25, 0.3) is 5.69 Å². The number of amides is 4. The molecule has 4 amide bonds. The Morgan fingerprint density at radius 3 is 2.09 bits per heavy atom.